The number of methoxy groups -OCH3 is 1. The molecule has 0 bridgehead atoms. The number of rotatable bonds is 11. The van der Waals surface area contributed by atoms with Gasteiger partial charge >= 0.3 is 12.1 Å². The molecule has 0 saturated carbocycles. The van der Waals surface area contributed by atoms with Crippen LogP contribution in [0.1, 0.15) is 23.8 Å². The summed E-state index contributed by atoms with van der Waals surface area (Å²) in [6, 6.07) is 15.7. The van der Waals surface area contributed by atoms with Crippen molar-refractivity contribution in [3.05, 3.63) is 76.9 Å². The first-order valence-corrected chi connectivity index (χ1v) is 13.6. The largest absolute Gasteiger partial charge is 0.461 e. The van der Waals surface area contributed by atoms with Crippen LogP contribution in [0.4, 0.5) is 4.79 Å². The number of furan rings is 1. The number of aryl methyl sites for hydroxylation is 2. The molecule has 0 spiro atoms. The third kappa shape index (κ3) is 8.60. The molecule has 10 heteroatoms. The maximum Gasteiger partial charge on any atom is 0.415 e. The fraction of sp³-hybridized carbons (Fsp3) is 0.286. The van der Waals surface area contributed by atoms with E-state index in [0.29, 0.717) is 25.1 Å². The number of likely N-dealkylation sites (N-methyl/N-ethyl adjacent to an activating group) is 1. The van der Waals surface area contributed by atoms with Gasteiger partial charge in [-0.2, -0.15) is 0 Å². The topological polar surface area (TPSA) is 112 Å². The summed E-state index contributed by atoms with van der Waals surface area (Å²) in [4.78, 5) is 25.2. The van der Waals surface area contributed by atoms with Crippen molar-refractivity contribution < 1.29 is 36.6 Å². The van der Waals surface area contributed by atoms with Gasteiger partial charge in [0.15, 0.2) is 21.3 Å². The van der Waals surface area contributed by atoms with Crippen molar-refractivity contribution in [3.8, 4) is 22.8 Å². The Morgan fingerprint density at radius 2 is 1.82 bits per heavy atom. The van der Waals surface area contributed by atoms with Gasteiger partial charge in [0.25, 0.3) is 0 Å². The highest BCUT2D eigenvalue weighted by Gasteiger charge is 2.16. The third-order valence-corrected chi connectivity index (χ3v) is 6.78. The molecular weight excluding hydrogens is 510 g/mol. The second-order valence-corrected chi connectivity index (χ2v) is 10.6. The number of ether oxygens (including phenoxy) is 3. The standard InChI is InChI=1S/C28H31NO8S/c1-20-8-10-25(35-20)24-7-5-6-22(18-24)12-16-38(32,33)17-13-23-9-11-26(36-21(2)30)27(19-23)37-28(31)29(3)14-15-34-4/h5-11,13,17-19H,12,14-16H2,1-4H3/b17-13+. The Labute approximate surface area is 222 Å². The molecule has 38 heavy (non-hydrogen) atoms. The van der Waals surface area contributed by atoms with Crippen LogP contribution in [0.15, 0.2) is 64.4 Å². The molecule has 1 heterocycles. The van der Waals surface area contributed by atoms with Crippen LogP contribution in [0.5, 0.6) is 11.5 Å². The lowest BCUT2D eigenvalue weighted by molar-refractivity contribution is -0.132. The van der Waals surface area contributed by atoms with Crippen LogP contribution in [0.2, 0.25) is 0 Å². The number of carbonyl (C=O) groups is 2. The minimum Gasteiger partial charge on any atom is -0.461 e. The van der Waals surface area contributed by atoms with E-state index in [1.807, 2.05) is 43.3 Å². The molecule has 0 N–H and O–H groups in total. The average Bonchev–Trinajstić information content (AvgIpc) is 3.32. The van der Waals surface area contributed by atoms with E-state index in [1.54, 1.807) is 6.07 Å². The maximum absolute atomic E-state index is 12.7. The van der Waals surface area contributed by atoms with Crippen LogP contribution in [0.3, 0.4) is 0 Å². The summed E-state index contributed by atoms with van der Waals surface area (Å²) >= 11 is 0. The van der Waals surface area contributed by atoms with Crippen molar-refractivity contribution in [1.82, 2.24) is 4.90 Å². The van der Waals surface area contributed by atoms with Crippen molar-refractivity contribution in [2.45, 2.75) is 20.3 Å². The molecular formula is C28H31NO8S. The first-order chi connectivity index (χ1) is 18.1. The Morgan fingerprint density at radius 3 is 2.50 bits per heavy atom. The van der Waals surface area contributed by atoms with Gasteiger partial charge in [-0.15, -0.1) is 0 Å². The van der Waals surface area contributed by atoms with Crippen LogP contribution in [0.25, 0.3) is 17.4 Å². The summed E-state index contributed by atoms with van der Waals surface area (Å²) in [5, 5.41) is 1.11. The second-order valence-electron chi connectivity index (χ2n) is 8.61. The van der Waals surface area contributed by atoms with Gasteiger partial charge in [-0.25, -0.2) is 13.2 Å². The molecule has 3 aromatic rings. The highest BCUT2D eigenvalue weighted by atomic mass is 32.2. The van der Waals surface area contributed by atoms with Gasteiger partial charge in [0.1, 0.15) is 11.5 Å². The Balaban J connectivity index is 1.71. The van der Waals surface area contributed by atoms with Crippen molar-refractivity contribution >= 4 is 28.0 Å². The SMILES string of the molecule is COCCN(C)C(=O)Oc1cc(/C=C/S(=O)(=O)CCc2cccc(-c3ccc(C)o3)c2)ccc1OC(C)=O. The molecule has 1 amide bonds. The molecule has 0 saturated heterocycles. The molecule has 0 unspecified atom stereocenters. The molecule has 202 valence electrons. The van der Waals surface area contributed by atoms with E-state index in [-0.39, 0.29) is 17.3 Å². The van der Waals surface area contributed by atoms with E-state index in [0.717, 1.165) is 28.1 Å². The summed E-state index contributed by atoms with van der Waals surface area (Å²) in [7, 11) is -0.509. The normalized spacial score (nSPS) is 11.5. The van der Waals surface area contributed by atoms with Crippen molar-refractivity contribution in [2.75, 3.05) is 33.1 Å². The van der Waals surface area contributed by atoms with Gasteiger partial charge < -0.3 is 23.5 Å². The Hall–Kier alpha value is -3.89. The fourth-order valence-electron chi connectivity index (χ4n) is 3.42. The molecule has 2 aromatic carbocycles. The Kier molecular flexibility index (Phi) is 9.86. The number of hydrogen-bond donors (Lipinski definition) is 0. The average molecular weight is 542 g/mol. The molecule has 3 rings (SSSR count). The number of benzene rings is 2. The summed E-state index contributed by atoms with van der Waals surface area (Å²) in [5.74, 6) is 0.867. The van der Waals surface area contributed by atoms with Gasteiger partial charge in [0.2, 0.25) is 0 Å². The molecule has 0 aliphatic heterocycles. The van der Waals surface area contributed by atoms with Crippen molar-refractivity contribution in [1.29, 1.82) is 0 Å². The number of nitrogens with zero attached hydrogens (tertiary/aromatic N) is 1. The second kappa shape index (κ2) is 13.1. The number of esters is 1. The van der Waals surface area contributed by atoms with Gasteiger partial charge in [-0.05, 0) is 60.9 Å². The van der Waals surface area contributed by atoms with E-state index in [4.69, 9.17) is 18.6 Å². The minimum absolute atomic E-state index is 0.0148. The fourth-order valence-corrected chi connectivity index (χ4v) is 4.44. The summed E-state index contributed by atoms with van der Waals surface area (Å²) in [6.45, 7) is 3.70. The van der Waals surface area contributed by atoms with Crippen molar-refractivity contribution in [2.24, 2.45) is 0 Å². The predicted molar refractivity (Wildman–Crippen MR) is 144 cm³/mol. The van der Waals surface area contributed by atoms with E-state index < -0.39 is 21.9 Å². The molecule has 9 nitrogen and oxygen atoms in total. The van der Waals surface area contributed by atoms with Crippen molar-refractivity contribution in [3.63, 3.8) is 0 Å². The van der Waals surface area contributed by atoms with Gasteiger partial charge in [0, 0.05) is 38.6 Å². The lowest BCUT2D eigenvalue weighted by Gasteiger charge is -2.17. The van der Waals surface area contributed by atoms with E-state index >= 15 is 0 Å². The molecule has 0 fully saturated rings. The maximum atomic E-state index is 12.7. The van der Waals surface area contributed by atoms with Crippen LogP contribution in [-0.4, -0.2) is 58.4 Å². The highest BCUT2D eigenvalue weighted by Crippen LogP contribution is 2.30. The quantitative estimate of drug-likeness (QED) is 0.249. The van der Waals surface area contributed by atoms with E-state index in [2.05, 4.69) is 0 Å². The number of hydrogen-bond acceptors (Lipinski definition) is 8. The monoisotopic (exact) mass is 541 g/mol. The first kappa shape index (κ1) is 28.7. The van der Waals surface area contributed by atoms with Gasteiger partial charge in [-0.3, -0.25) is 4.79 Å². The Bertz CT molecular complexity index is 1410. The first-order valence-electron chi connectivity index (χ1n) is 11.9. The van der Waals surface area contributed by atoms with Crippen LogP contribution in [-0.2, 0) is 25.8 Å². The molecule has 1 aromatic heterocycles. The number of carbonyl (C=O) groups excluding carboxylic acids is 2. The zero-order valence-electron chi connectivity index (χ0n) is 21.8. The zero-order valence-corrected chi connectivity index (χ0v) is 22.6. The van der Waals surface area contributed by atoms with Crippen LogP contribution < -0.4 is 9.47 Å². The molecule has 0 aliphatic carbocycles. The van der Waals surface area contributed by atoms with Gasteiger partial charge in [0.05, 0.1) is 12.4 Å². The highest BCUT2D eigenvalue weighted by molar-refractivity contribution is 7.94. The van der Waals surface area contributed by atoms with Crippen LogP contribution in [0, 0.1) is 6.92 Å². The lowest BCUT2D eigenvalue weighted by Crippen LogP contribution is -2.32. The summed E-state index contributed by atoms with van der Waals surface area (Å²) < 4.78 is 46.6. The smallest absolute Gasteiger partial charge is 0.415 e. The molecule has 0 aliphatic rings. The number of sulfone groups is 1. The van der Waals surface area contributed by atoms with E-state index in [9.17, 15) is 18.0 Å². The van der Waals surface area contributed by atoms with Crippen LogP contribution >= 0.6 is 0 Å². The molecule has 0 atom stereocenters. The minimum atomic E-state index is -3.56. The summed E-state index contributed by atoms with van der Waals surface area (Å²) in [5.41, 5.74) is 2.19. The lowest BCUT2D eigenvalue weighted by atomic mass is 10.1. The predicted octanol–water partition coefficient (Wildman–Crippen LogP) is 4.89. The Morgan fingerprint density at radius 1 is 1.03 bits per heavy atom. The summed E-state index contributed by atoms with van der Waals surface area (Å²) in [6.07, 6.45) is 1.04. The zero-order chi connectivity index (χ0) is 27.7. The molecule has 0 radical (unpaired) electrons. The number of amides is 1. The third-order valence-electron chi connectivity index (χ3n) is 5.46. The van der Waals surface area contributed by atoms with E-state index in [1.165, 1.54) is 44.2 Å². The van der Waals surface area contributed by atoms with Gasteiger partial charge in [-0.1, -0.05) is 24.3 Å².